The first kappa shape index (κ1) is 23.9. The molecule has 2 aromatic carbocycles. The fourth-order valence-electron chi connectivity index (χ4n) is 3.28. The van der Waals surface area contributed by atoms with Crippen molar-refractivity contribution in [3.8, 4) is 12.1 Å². The van der Waals surface area contributed by atoms with Gasteiger partial charge in [-0.3, -0.25) is 5.41 Å². The first-order valence-corrected chi connectivity index (χ1v) is 8.66. The number of halogens is 8. The number of rotatable bonds is 3. The van der Waals surface area contributed by atoms with Crippen LogP contribution in [0.2, 0.25) is 0 Å². The van der Waals surface area contributed by atoms with Crippen LogP contribution in [0.1, 0.15) is 23.6 Å². The molecule has 0 fully saturated rings. The molecule has 0 aliphatic heterocycles. The molecule has 12 heteroatoms. The Labute approximate surface area is 184 Å². The van der Waals surface area contributed by atoms with Crippen LogP contribution in [0.25, 0.3) is 16.0 Å². The lowest BCUT2D eigenvalue weighted by molar-refractivity contribution is 0.447. The van der Waals surface area contributed by atoms with E-state index in [9.17, 15) is 40.4 Å². The molecule has 34 heavy (non-hydrogen) atoms. The van der Waals surface area contributed by atoms with Gasteiger partial charge in [0.2, 0.25) is 0 Å². The lowest BCUT2D eigenvalue weighted by Gasteiger charge is -2.10. The lowest BCUT2D eigenvalue weighted by Crippen LogP contribution is -2.07. The van der Waals surface area contributed by atoms with Crippen molar-refractivity contribution in [1.82, 2.24) is 0 Å². The predicted molar refractivity (Wildman–Crippen MR) is 99.9 cm³/mol. The quantitative estimate of drug-likeness (QED) is 0.189. The van der Waals surface area contributed by atoms with E-state index in [1.54, 1.807) is 0 Å². The molecule has 0 spiro atoms. The Bertz CT molecular complexity index is 1510. The number of nitrogens with one attached hydrogen (secondary N) is 1. The second kappa shape index (κ2) is 8.32. The van der Waals surface area contributed by atoms with Gasteiger partial charge in [0.1, 0.15) is 17.7 Å². The second-order valence-corrected chi connectivity index (χ2v) is 6.57. The van der Waals surface area contributed by atoms with E-state index in [-0.39, 0.29) is 5.57 Å². The van der Waals surface area contributed by atoms with Crippen molar-refractivity contribution in [2.45, 2.75) is 6.92 Å². The molecule has 1 aliphatic carbocycles. The highest BCUT2D eigenvalue weighted by Crippen LogP contribution is 2.51. The molecule has 0 saturated heterocycles. The molecular formula is C22H4F8N4. The van der Waals surface area contributed by atoms with E-state index in [4.69, 9.17) is 17.2 Å². The molecule has 4 nitrogen and oxygen atoms in total. The van der Waals surface area contributed by atoms with Crippen molar-refractivity contribution >= 4 is 22.7 Å². The highest BCUT2D eigenvalue weighted by molar-refractivity contribution is 6.11. The smallest absolute Gasteiger partial charge is 0.258 e. The SMILES string of the molecule is [C-]#[N+]c1c(F)c(F)c(/C(C#N)=C2C(C)=C\2C(=C=N)c2c(F)c(F)c(C#N)c(F)c2F)c(F)c1F. The van der Waals surface area contributed by atoms with Crippen molar-refractivity contribution in [2.24, 2.45) is 0 Å². The van der Waals surface area contributed by atoms with Gasteiger partial charge in [-0.1, -0.05) is 0 Å². The summed E-state index contributed by atoms with van der Waals surface area (Å²) in [7, 11) is 0. The van der Waals surface area contributed by atoms with Crippen LogP contribution in [0, 0.1) is 81.2 Å². The molecule has 0 aromatic heterocycles. The number of hydrogen-bond donors (Lipinski definition) is 1. The molecule has 0 heterocycles. The van der Waals surface area contributed by atoms with Gasteiger partial charge in [-0.25, -0.2) is 40.0 Å². The molecule has 0 atom stereocenters. The average Bonchev–Trinajstić information content (AvgIpc) is 3.47. The molecule has 2 aromatic rings. The van der Waals surface area contributed by atoms with E-state index in [0.717, 1.165) is 13.0 Å². The van der Waals surface area contributed by atoms with E-state index in [0.29, 0.717) is 0 Å². The zero-order valence-corrected chi connectivity index (χ0v) is 16.4. The second-order valence-electron chi connectivity index (χ2n) is 6.57. The molecule has 1 aliphatic rings. The third-order valence-corrected chi connectivity index (χ3v) is 4.90. The zero-order valence-electron chi connectivity index (χ0n) is 16.4. The molecule has 0 unspecified atom stereocenters. The van der Waals surface area contributed by atoms with Gasteiger partial charge in [0.25, 0.3) is 5.69 Å². The number of nitrogens with zero attached hydrogens (tertiary/aromatic N) is 3. The zero-order chi connectivity index (χ0) is 25.6. The average molecular weight is 476 g/mol. The number of nitriles is 2. The van der Waals surface area contributed by atoms with Crippen molar-refractivity contribution in [2.75, 3.05) is 0 Å². The van der Waals surface area contributed by atoms with E-state index in [2.05, 4.69) is 4.85 Å². The van der Waals surface area contributed by atoms with Gasteiger partial charge >= 0.3 is 0 Å². The molecule has 0 amide bonds. The third kappa shape index (κ3) is 3.15. The Hall–Kier alpha value is -4.72. The van der Waals surface area contributed by atoms with Gasteiger partial charge < -0.3 is 0 Å². The van der Waals surface area contributed by atoms with Crippen molar-refractivity contribution < 1.29 is 35.1 Å². The van der Waals surface area contributed by atoms with Gasteiger partial charge in [0, 0.05) is 11.1 Å². The van der Waals surface area contributed by atoms with Crippen LogP contribution in [-0.2, 0) is 0 Å². The largest absolute Gasteiger partial charge is 0.262 e. The summed E-state index contributed by atoms with van der Waals surface area (Å²) < 4.78 is 114. The number of benzene rings is 2. The predicted octanol–water partition coefficient (Wildman–Crippen LogP) is 6.16. The minimum Gasteiger partial charge on any atom is -0.258 e. The van der Waals surface area contributed by atoms with Crippen LogP contribution in [0.4, 0.5) is 40.8 Å². The molecule has 1 N–H and O–H groups in total. The molecule has 0 radical (unpaired) electrons. The summed E-state index contributed by atoms with van der Waals surface area (Å²) in [6, 6.07) is 2.21. The first-order valence-electron chi connectivity index (χ1n) is 8.66. The van der Waals surface area contributed by atoms with Gasteiger partial charge in [-0.05, 0) is 18.4 Å². The topological polar surface area (TPSA) is 75.8 Å². The summed E-state index contributed by atoms with van der Waals surface area (Å²) in [4.78, 5) is 2.33. The summed E-state index contributed by atoms with van der Waals surface area (Å²) in [5.41, 5.74) is -9.57. The van der Waals surface area contributed by atoms with E-state index >= 15 is 0 Å². The third-order valence-electron chi connectivity index (χ3n) is 4.90. The fraction of sp³-hybridized carbons (Fsp3) is 0.0455. The number of allylic oxidation sites excluding steroid dienone is 5. The maximum absolute atomic E-state index is 14.5. The summed E-state index contributed by atoms with van der Waals surface area (Å²) in [5, 5.41) is 25.4. The van der Waals surface area contributed by atoms with Gasteiger partial charge in [-0.2, -0.15) is 10.5 Å². The van der Waals surface area contributed by atoms with Crippen molar-refractivity contribution in [3.05, 3.63) is 91.4 Å². The Morgan fingerprint density at radius 1 is 0.794 bits per heavy atom. The summed E-state index contributed by atoms with van der Waals surface area (Å²) in [6.07, 6.45) is 0. The van der Waals surface area contributed by atoms with Crippen molar-refractivity contribution in [1.29, 1.82) is 15.9 Å². The molecule has 0 saturated carbocycles. The Morgan fingerprint density at radius 3 is 1.65 bits per heavy atom. The van der Waals surface area contributed by atoms with E-state index in [1.165, 1.54) is 11.9 Å². The maximum atomic E-state index is 14.5. The highest BCUT2D eigenvalue weighted by atomic mass is 19.2. The van der Waals surface area contributed by atoms with Gasteiger partial charge in [-0.15, -0.1) is 0 Å². The van der Waals surface area contributed by atoms with Crippen LogP contribution in [0.5, 0.6) is 0 Å². The minimum absolute atomic E-state index is 0.177. The fourth-order valence-corrected chi connectivity index (χ4v) is 3.28. The minimum atomic E-state index is -2.11. The van der Waals surface area contributed by atoms with Crippen LogP contribution in [-0.4, -0.2) is 5.87 Å². The van der Waals surface area contributed by atoms with Gasteiger partial charge in [0.05, 0.1) is 28.8 Å². The first-order chi connectivity index (χ1) is 16.0. The van der Waals surface area contributed by atoms with Crippen LogP contribution >= 0.6 is 0 Å². The standard InChI is InChI=1S/C22H4F8N4/c1-6-10(7(3-31)12-16(25)14(23)9(5-33)15(24)17(12)26)11(6)8(4-32)13-18(27)20(29)22(34-2)21(30)19(13)28/h31H,1H3/b11-8+. The Balaban J connectivity index is 2.31. The maximum Gasteiger partial charge on any atom is 0.262 e. The highest BCUT2D eigenvalue weighted by Gasteiger charge is 2.40. The van der Waals surface area contributed by atoms with E-state index in [1.807, 2.05) is 0 Å². The van der Waals surface area contributed by atoms with Crippen LogP contribution in [0.3, 0.4) is 0 Å². The Morgan fingerprint density at radius 2 is 1.26 bits per heavy atom. The monoisotopic (exact) mass is 476 g/mol. The van der Waals surface area contributed by atoms with Crippen molar-refractivity contribution in [3.63, 3.8) is 0 Å². The summed E-state index contributed by atoms with van der Waals surface area (Å²) in [5.74, 6) is -15.3. The molecule has 168 valence electrons. The molecule has 0 bridgehead atoms. The normalized spacial score (nSPS) is 13.6. The summed E-state index contributed by atoms with van der Waals surface area (Å²) >= 11 is 0. The number of hydrogen-bond acceptors (Lipinski definition) is 3. The van der Waals surface area contributed by atoms with Crippen LogP contribution < -0.4 is 0 Å². The molecular weight excluding hydrogens is 472 g/mol. The lowest BCUT2D eigenvalue weighted by atomic mass is 9.96. The Kier molecular flexibility index (Phi) is 5.86. The summed E-state index contributed by atoms with van der Waals surface area (Å²) in [6.45, 7) is 7.74. The van der Waals surface area contributed by atoms with Gasteiger partial charge in [0.15, 0.2) is 46.5 Å². The molecule has 3 rings (SSSR count). The van der Waals surface area contributed by atoms with E-state index < -0.39 is 91.2 Å². The van der Waals surface area contributed by atoms with Crippen LogP contribution in [0.15, 0.2) is 16.7 Å².